The van der Waals surface area contributed by atoms with Crippen molar-refractivity contribution in [3.63, 3.8) is 0 Å². The van der Waals surface area contributed by atoms with Crippen molar-refractivity contribution in [1.82, 2.24) is 14.8 Å². The molecule has 2 amide bonds. The van der Waals surface area contributed by atoms with Crippen LogP contribution in [0, 0.1) is 6.92 Å². The molecule has 1 aliphatic rings. The average Bonchev–Trinajstić information content (AvgIpc) is 2.51. The van der Waals surface area contributed by atoms with Gasteiger partial charge in [-0.25, -0.2) is 0 Å². The Bertz CT molecular complexity index is 621. The molecule has 0 aromatic carbocycles. The summed E-state index contributed by atoms with van der Waals surface area (Å²) in [6.45, 7) is 2.32. The summed E-state index contributed by atoms with van der Waals surface area (Å²) in [4.78, 5) is 38.3. The van der Waals surface area contributed by atoms with Crippen molar-refractivity contribution >= 4 is 11.8 Å². The van der Waals surface area contributed by atoms with Crippen LogP contribution in [0.4, 0.5) is 0 Å². The van der Waals surface area contributed by atoms with Gasteiger partial charge in [-0.3, -0.25) is 14.4 Å². The van der Waals surface area contributed by atoms with Crippen molar-refractivity contribution in [3.05, 3.63) is 33.7 Å². The largest absolute Gasteiger partial charge is 0.357 e. The van der Waals surface area contributed by atoms with Gasteiger partial charge in [0.2, 0.25) is 5.91 Å². The fraction of sp³-hybridized carbons (Fsp3) is 0.533. The molecule has 0 spiro atoms. The summed E-state index contributed by atoms with van der Waals surface area (Å²) in [5, 5.41) is 2.59. The van der Waals surface area contributed by atoms with Gasteiger partial charge in [-0.2, -0.15) is 0 Å². The van der Waals surface area contributed by atoms with Gasteiger partial charge in [-0.05, 0) is 38.3 Å². The van der Waals surface area contributed by atoms with Crippen LogP contribution >= 0.6 is 0 Å². The van der Waals surface area contributed by atoms with E-state index >= 15 is 0 Å². The number of aryl methyl sites for hydroxylation is 1. The van der Waals surface area contributed by atoms with Crippen molar-refractivity contribution in [2.24, 2.45) is 7.05 Å². The second-order valence-corrected chi connectivity index (χ2v) is 5.38. The minimum absolute atomic E-state index is 0.124. The predicted octanol–water partition coefficient (Wildman–Crippen LogP) is 0.434. The van der Waals surface area contributed by atoms with E-state index in [1.54, 1.807) is 26.2 Å². The predicted molar refractivity (Wildman–Crippen MR) is 79.2 cm³/mol. The number of rotatable bonds is 2. The Kier molecular flexibility index (Phi) is 4.45. The Morgan fingerprint density at radius 3 is 2.67 bits per heavy atom. The molecule has 114 valence electrons. The maximum absolute atomic E-state index is 12.6. The molecule has 6 heteroatoms. The second-order valence-electron chi connectivity index (χ2n) is 5.38. The minimum Gasteiger partial charge on any atom is -0.357 e. The smallest absolute Gasteiger partial charge is 0.263 e. The lowest BCUT2D eigenvalue weighted by Gasteiger charge is -2.34. The third kappa shape index (κ3) is 2.84. The van der Waals surface area contributed by atoms with Crippen molar-refractivity contribution in [3.8, 4) is 0 Å². The number of aromatic nitrogens is 1. The molecule has 0 unspecified atom stereocenters. The first-order valence-corrected chi connectivity index (χ1v) is 7.16. The molecule has 6 nitrogen and oxygen atoms in total. The van der Waals surface area contributed by atoms with Crippen LogP contribution in [0.15, 0.2) is 16.9 Å². The van der Waals surface area contributed by atoms with E-state index in [1.807, 2.05) is 6.92 Å². The number of carbonyl (C=O) groups excluding carboxylic acids is 2. The second kappa shape index (κ2) is 6.11. The van der Waals surface area contributed by atoms with E-state index in [2.05, 4.69) is 5.32 Å². The quantitative estimate of drug-likeness (QED) is 0.859. The molecule has 1 fully saturated rings. The zero-order chi connectivity index (χ0) is 15.6. The van der Waals surface area contributed by atoms with E-state index in [-0.39, 0.29) is 22.9 Å². The molecule has 2 heterocycles. The van der Waals surface area contributed by atoms with Crippen LogP contribution < -0.4 is 10.9 Å². The van der Waals surface area contributed by atoms with Gasteiger partial charge < -0.3 is 14.8 Å². The number of hydrogen-bond donors (Lipinski definition) is 1. The van der Waals surface area contributed by atoms with Crippen molar-refractivity contribution in [1.29, 1.82) is 0 Å². The summed E-state index contributed by atoms with van der Waals surface area (Å²) in [7, 11) is 3.20. The maximum atomic E-state index is 12.6. The molecule has 0 bridgehead atoms. The summed E-state index contributed by atoms with van der Waals surface area (Å²) in [5.41, 5.74) is 0.596. The first-order valence-electron chi connectivity index (χ1n) is 7.16. The van der Waals surface area contributed by atoms with Crippen LogP contribution in [0.25, 0.3) is 0 Å². The molecule has 0 saturated carbocycles. The Balaban J connectivity index is 2.36. The lowest BCUT2D eigenvalue weighted by molar-refractivity contribution is -0.126. The van der Waals surface area contributed by atoms with Gasteiger partial charge in [0.1, 0.15) is 11.6 Å². The number of likely N-dealkylation sites (N-methyl/N-ethyl adjacent to an activating group) is 1. The highest BCUT2D eigenvalue weighted by Crippen LogP contribution is 2.19. The number of hydrogen-bond acceptors (Lipinski definition) is 3. The third-order valence-electron chi connectivity index (χ3n) is 4.10. The normalized spacial score (nSPS) is 18.4. The fourth-order valence-corrected chi connectivity index (χ4v) is 2.66. The molecule has 1 N–H and O–H groups in total. The van der Waals surface area contributed by atoms with Crippen LogP contribution in [-0.4, -0.2) is 40.9 Å². The third-order valence-corrected chi connectivity index (χ3v) is 4.10. The molecular formula is C15H21N3O3. The van der Waals surface area contributed by atoms with Gasteiger partial charge in [-0.15, -0.1) is 0 Å². The van der Waals surface area contributed by atoms with Gasteiger partial charge in [-0.1, -0.05) is 0 Å². The fourth-order valence-electron chi connectivity index (χ4n) is 2.66. The lowest BCUT2D eigenvalue weighted by Crippen LogP contribution is -2.52. The summed E-state index contributed by atoms with van der Waals surface area (Å²) < 4.78 is 1.45. The molecule has 0 aliphatic carbocycles. The van der Waals surface area contributed by atoms with Crippen LogP contribution in [0.2, 0.25) is 0 Å². The number of amides is 2. The van der Waals surface area contributed by atoms with Crippen LogP contribution in [0.3, 0.4) is 0 Å². The van der Waals surface area contributed by atoms with E-state index in [9.17, 15) is 14.4 Å². The number of nitrogens with one attached hydrogen (secondary N) is 1. The SMILES string of the molecule is CNC(=O)[C@@H]1CCCCN1C(=O)c1ccc(C)n(C)c1=O. The van der Waals surface area contributed by atoms with Crippen molar-refractivity contribution in [2.45, 2.75) is 32.2 Å². The number of piperidine rings is 1. The summed E-state index contributed by atoms with van der Waals surface area (Å²) in [6.07, 6.45) is 2.40. The molecule has 1 atom stereocenters. The molecule has 1 aromatic heterocycles. The first kappa shape index (κ1) is 15.3. The maximum Gasteiger partial charge on any atom is 0.263 e. The lowest BCUT2D eigenvalue weighted by atomic mass is 10.00. The molecule has 2 rings (SSSR count). The summed E-state index contributed by atoms with van der Waals surface area (Å²) >= 11 is 0. The molecule has 1 saturated heterocycles. The van der Waals surface area contributed by atoms with Gasteiger partial charge >= 0.3 is 0 Å². The zero-order valence-corrected chi connectivity index (χ0v) is 12.7. The first-order chi connectivity index (χ1) is 9.97. The molecule has 0 radical (unpaired) electrons. The summed E-state index contributed by atoms with van der Waals surface area (Å²) in [5.74, 6) is -0.532. The standard InChI is InChI=1S/C15H21N3O3/c1-10-7-8-11(14(20)17(10)3)15(21)18-9-5-4-6-12(18)13(19)16-2/h7-8,12H,4-6,9H2,1-3H3,(H,16,19)/t12-/m0/s1. The zero-order valence-electron chi connectivity index (χ0n) is 12.7. The Morgan fingerprint density at radius 2 is 2.00 bits per heavy atom. The van der Waals surface area contributed by atoms with E-state index in [1.165, 1.54) is 9.47 Å². The van der Waals surface area contributed by atoms with Crippen molar-refractivity contribution in [2.75, 3.05) is 13.6 Å². The van der Waals surface area contributed by atoms with Gasteiger partial charge in [0.25, 0.3) is 11.5 Å². The monoisotopic (exact) mass is 291 g/mol. The minimum atomic E-state index is -0.484. The van der Waals surface area contributed by atoms with Crippen LogP contribution in [-0.2, 0) is 11.8 Å². The Labute approximate surface area is 123 Å². The van der Waals surface area contributed by atoms with Crippen LogP contribution in [0.1, 0.15) is 35.3 Å². The number of pyridine rings is 1. The van der Waals surface area contributed by atoms with E-state index in [0.29, 0.717) is 13.0 Å². The van der Waals surface area contributed by atoms with Crippen molar-refractivity contribution < 1.29 is 9.59 Å². The molecule has 1 aromatic rings. The van der Waals surface area contributed by atoms with Gasteiger partial charge in [0.15, 0.2) is 0 Å². The highest BCUT2D eigenvalue weighted by atomic mass is 16.2. The van der Waals surface area contributed by atoms with E-state index in [4.69, 9.17) is 0 Å². The topological polar surface area (TPSA) is 71.4 Å². The van der Waals surface area contributed by atoms with E-state index < -0.39 is 6.04 Å². The van der Waals surface area contributed by atoms with E-state index in [0.717, 1.165) is 18.5 Å². The molecule has 1 aliphatic heterocycles. The van der Waals surface area contributed by atoms with Gasteiger partial charge in [0.05, 0.1) is 0 Å². The summed E-state index contributed by atoms with van der Waals surface area (Å²) in [6, 6.07) is 2.81. The number of likely N-dealkylation sites (tertiary alicyclic amines) is 1. The molecular weight excluding hydrogens is 270 g/mol. The Hall–Kier alpha value is -2.11. The van der Waals surface area contributed by atoms with Crippen LogP contribution in [0.5, 0.6) is 0 Å². The molecule has 21 heavy (non-hydrogen) atoms. The highest BCUT2D eigenvalue weighted by molar-refractivity contribution is 5.97. The average molecular weight is 291 g/mol. The highest BCUT2D eigenvalue weighted by Gasteiger charge is 2.33. The Morgan fingerprint density at radius 1 is 1.29 bits per heavy atom. The number of carbonyl (C=O) groups is 2. The number of nitrogens with zero attached hydrogens (tertiary/aromatic N) is 2. The van der Waals surface area contributed by atoms with Gasteiger partial charge in [0, 0.05) is 26.3 Å².